The Morgan fingerprint density at radius 1 is 1.69 bits per heavy atom. The standard InChI is InChI=1S/C11H23N3O2/c1-3-10-9(4-5-16-10)7-13-6-8(2)11(12)14-15/h8-10,13,15H,3-7H2,1-2H3,(H2,12,14). The lowest BCUT2D eigenvalue weighted by Gasteiger charge is -2.18. The van der Waals surface area contributed by atoms with E-state index in [0.717, 1.165) is 32.5 Å². The Hall–Kier alpha value is -0.810. The molecule has 4 N–H and O–H groups in total. The third kappa shape index (κ3) is 3.64. The molecule has 0 spiro atoms. The van der Waals surface area contributed by atoms with Crippen molar-refractivity contribution in [2.24, 2.45) is 22.7 Å². The van der Waals surface area contributed by atoms with Crippen molar-refractivity contribution in [2.75, 3.05) is 19.7 Å². The van der Waals surface area contributed by atoms with Crippen LogP contribution in [0.4, 0.5) is 0 Å². The van der Waals surface area contributed by atoms with Crippen molar-refractivity contribution in [1.29, 1.82) is 0 Å². The number of oxime groups is 1. The fourth-order valence-corrected chi connectivity index (χ4v) is 2.07. The van der Waals surface area contributed by atoms with Gasteiger partial charge in [-0.1, -0.05) is 19.0 Å². The second kappa shape index (κ2) is 6.70. The molecule has 3 unspecified atom stereocenters. The fourth-order valence-electron chi connectivity index (χ4n) is 2.07. The number of nitrogens with two attached hydrogens (primary N) is 1. The lowest BCUT2D eigenvalue weighted by atomic mass is 9.99. The van der Waals surface area contributed by atoms with Gasteiger partial charge in [0.2, 0.25) is 0 Å². The van der Waals surface area contributed by atoms with Gasteiger partial charge in [-0.05, 0) is 18.8 Å². The summed E-state index contributed by atoms with van der Waals surface area (Å²) in [7, 11) is 0. The molecular formula is C11H23N3O2. The summed E-state index contributed by atoms with van der Waals surface area (Å²) in [6.45, 7) is 6.65. The average molecular weight is 229 g/mol. The molecule has 0 radical (unpaired) electrons. The Labute approximate surface area is 97.0 Å². The van der Waals surface area contributed by atoms with Crippen molar-refractivity contribution in [3.05, 3.63) is 0 Å². The molecule has 1 rings (SSSR count). The largest absolute Gasteiger partial charge is 0.409 e. The third-order valence-corrected chi connectivity index (χ3v) is 3.23. The first-order chi connectivity index (χ1) is 7.69. The van der Waals surface area contributed by atoms with Gasteiger partial charge in [-0.25, -0.2) is 0 Å². The van der Waals surface area contributed by atoms with Gasteiger partial charge in [0.25, 0.3) is 0 Å². The Morgan fingerprint density at radius 3 is 3.06 bits per heavy atom. The summed E-state index contributed by atoms with van der Waals surface area (Å²) in [4.78, 5) is 0. The predicted octanol–water partition coefficient (Wildman–Crippen LogP) is 0.774. The number of nitrogens with zero attached hydrogens (tertiary/aromatic N) is 1. The Balaban J connectivity index is 2.20. The maximum atomic E-state index is 8.51. The Morgan fingerprint density at radius 2 is 2.44 bits per heavy atom. The van der Waals surface area contributed by atoms with Gasteiger partial charge in [-0.15, -0.1) is 0 Å². The van der Waals surface area contributed by atoms with Crippen molar-refractivity contribution in [3.63, 3.8) is 0 Å². The number of rotatable bonds is 6. The van der Waals surface area contributed by atoms with Gasteiger partial charge in [0.15, 0.2) is 0 Å². The molecule has 3 atom stereocenters. The number of ether oxygens (including phenoxy) is 1. The van der Waals surface area contributed by atoms with Crippen LogP contribution in [-0.4, -0.2) is 36.8 Å². The summed E-state index contributed by atoms with van der Waals surface area (Å²) in [6.07, 6.45) is 2.60. The molecule has 1 aliphatic heterocycles. The van der Waals surface area contributed by atoms with E-state index in [1.165, 1.54) is 0 Å². The third-order valence-electron chi connectivity index (χ3n) is 3.23. The molecule has 1 saturated heterocycles. The molecule has 0 bridgehead atoms. The highest BCUT2D eigenvalue weighted by molar-refractivity contribution is 5.82. The molecule has 0 aromatic carbocycles. The van der Waals surface area contributed by atoms with Crippen molar-refractivity contribution in [3.8, 4) is 0 Å². The van der Waals surface area contributed by atoms with E-state index < -0.39 is 0 Å². The maximum absolute atomic E-state index is 8.51. The van der Waals surface area contributed by atoms with Gasteiger partial charge in [-0.2, -0.15) is 0 Å². The Kier molecular flexibility index (Phi) is 5.55. The zero-order valence-electron chi connectivity index (χ0n) is 10.1. The normalized spacial score (nSPS) is 28.2. The van der Waals surface area contributed by atoms with Gasteiger partial charge in [0.05, 0.1) is 6.10 Å². The van der Waals surface area contributed by atoms with Gasteiger partial charge in [0, 0.05) is 25.6 Å². The fraction of sp³-hybridized carbons (Fsp3) is 0.909. The highest BCUT2D eigenvalue weighted by atomic mass is 16.5. The first-order valence-electron chi connectivity index (χ1n) is 5.98. The summed E-state index contributed by atoms with van der Waals surface area (Å²) < 4.78 is 5.61. The van der Waals surface area contributed by atoms with Crippen LogP contribution >= 0.6 is 0 Å². The van der Waals surface area contributed by atoms with Gasteiger partial charge >= 0.3 is 0 Å². The van der Waals surface area contributed by atoms with Crippen LogP contribution in [0.15, 0.2) is 5.16 Å². The van der Waals surface area contributed by atoms with Crippen molar-refractivity contribution < 1.29 is 9.94 Å². The van der Waals surface area contributed by atoms with Crippen LogP contribution in [0.2, 0.25) is 0 Å². The monoisotopic (exact) mass is 229 g/mol. The van der Waals surface area contributed by atoms with E-state index >= 15 is 0 Å². The number of hydrogen-bond donors (Lipinski definition) is 3. The number of amidine groups is 1. The molecule has 0 saturated carbocycles. The first-order valence-corrected chi connectivity index (χ1v) is 5.98. The van der Waals surface area contributed by atoms with Gasteiger partial charge in [0.1, 0.15) is 5.84 Å². The van der Waals surface area contributed by atoms with Crippen LogP contribution in [0.5, 0.6) is 0 Å². The molecular weight excluding hydrogens is 206 g/mol. The highest BCUT2D eigenvalue weighted by Gasteiger charge is 2.26. The lowest BCUT2D eigenvalue weighted by Crippen LogP contribution is -2.35. The van der Waals surface area contributed by atoms with Crippen LogP contribution < -0.4 is 11.1 Å². The van der Waals surface area contributed by atoms with Crippen LogP contribution in [0.25, 0.3) is 0 Å². The minimum absolute atomic E-state index is 0.0624. The molecule has 5 heteroatoms. The molecule has 94 valence electrons. The van der Waals surface area contributed by atoms with E-state index in [4.69, 9.17) is 15.7 Å². The number of nitrogens with one attached hydrogen (secondary N) is 1. The quantitative estimate of drug-likeness (QED) is 0.272. The van der Waals surface area contributed by atoms with Crippen LogP contribution in [0, 0.1) is 11.8 Å². The molecule has 1 heterocycles. The van der Waals surface area contributed by atoms with Crippen molar-refractivity contribution >= 4 is 5.84 Å². The summed E-state index contributed by atoms with van der Waals surface area (Å²) >= 11 is 0. The second-order valence-electron chi connectivity index (χ2n) is 4.45. The van der Waals surface area contributed by atoms with Crippen LogP contribution in [0.1, 0.15) is 26.7 Å². The predicted molar refractivity (Wildman–Crippen MR) is 63.6 cm³/mol. The van der Waals surface area contributed by atoms with E-state index in [-0.39, 0.29) is 11.8 Å². The molecule has 0 aliphatic carbocycles. The first kappa shape index (κ1) is 13.3. The molecule has 0 amide bonds. The van der Waals surface area contributed by atoms with Gasteiger partial charge in [-0.3, -0.25) is 0 Å². The zero-order chi connectivity index (χ0) is 12.0. The van der Waals surface area contributed by atoms with Crippen LogP contribution in [-0.2, 0) is 4.74 Å². The summed E-state index contributed by atoms with van der Waals surface area (Å²) in [6, 6.07) is 0. The molecule has 5 nitrogen and oxygen atoms in total. The van der Waals surface area contributed by atoms with Crippen molar-refractivity contribution in [1.82, 2.24) is 5.32 Å². The molecule has 0 aromatic rings. The summed E-state index contributed by atoms with van der Waals surface area (Å²) in [5.74, 6) is 0.944. The minimum atomic E-state index is 0.0624. The molecule has 0 aromatic heterocycles. The van der Waals surface area contributed by atoms with Crippen molar-refractivity contribution in [2.45, 2.75) is 32.8 Å². The highest BCUT2D eigenvalue weighted by Crippen LogP contribution is 2.22. The van der Waals surface area contributed by atoms with E-state index in [0.29, 0.717) is 12.0 Å². The smallest absolute Gasteiger partial charge is 0.143 e. The number of hydrogen-bond acceptors (Lipinski definition) is 4. The molecule has 1 fully saturated rings. The second-order valence-corrected chi connectivity index (χ2v) is 4.45. The van der Waals surface area contributed by atoms with Gasteiger partial charge < -0.3 is 21.0 Å². The SMILES string of the molecule is CCC1OCCC1CNCC(C)C(N)=NO. The van der Waals surface area contributed by atoms with E-state index in [1.807, 2.05) is 6.92 Å². The molecule has 1 aliphatic rings. The van der Waals surface area contributed by atoms with E-state index in [2.05, 4.69) is 17.4 Å². The lowest BCUT2D eigenvalue weighted by molar-refractivity contribution is 0.0872. The maximum Gasteiger partial charge on any atom is 0.143 e. The van der Waals surface area contributed by atoms with E-state index in [1.54, 1.807) is 0 Å². The summed E-state index contributed by atoms with van der Waals surface area (Å²) in [5.41, 5.74) is 5.50. The topological polar surface area (TPSA) is 79.9 Å². The average Bonchev–Trinajstić information content (AvgIpc) is 2.75. The zero-order valence-corrected chi connectivity index (χ0v) is 10.1. The minimum Gasteiger partial charge on any atom is -0.409 e. The van der Waals surface area contributed by atoms with Crippen LogP contribution in [0.3, 0.4) is 0 Å². The summed E-state index contributed by atoms with van der Waals surface area (Å²) in [5, 5.41) is 14.9. The van der Waals surface area contributed by atoms with E-state index in [9.17, 15) is 0 Å². The Bertz CT molecular complexity index is 233. The molecule has 16 heavy (non-hydrogen) atoms.